The summed E-state index contributed by atoms with van der Waals surface area (Å²) in [5, 5.41) is 0. The fourth-order valence-electron chi connectivity index (χ4n) is 3.01. The summed E-state index contributed by atoms with van der Waals surface area (Å²) in [4.78, 5) is 0. The van der Waals surface area contributed by atoms with Gasteiger partial charge in [-0.25, -0.2) is 4.39 Å². The van der Waals surface area contributed by atoms with E-state index in [0.717, 1.165) is 18.8 Å². The van der Waals surface area contributed by atoms with E-state index in [2.05, 4.69) is 6.92 Å². The quantitative estimate of drug-likeness (QED) is 0.886. The van der Waals surface area contributed by atoms with Gasteiger partial charge in [0, 0.05) is 11.6 Å². The summed E-state index contributed by atoms with van der Waals surface area (Å²) in [5.74, 6) is 1.15. The van der Waals surface area contributed by atoms with E-state index >= 15 is 0 Å². The van der Waals surface area contributed by atoms with Crippen LogP contribution in [0.4, 0.5) is 4.39 Å². The molecule has 2 N–H and O–H groups in total. The van der Waals surface area contributed by atoms with Gasteiger partial charge in [0.15, 0.2) is 11.6 Å². The van der Waals surface area contributed by atoms with Gasteiger partial charge in [-0.2, -0.15) is 0 Å². The smallest absolute Gasteiger partial charge is 0.169 e. The van der Waals surface area contributed by atoms with Gasteiger partial charge in [-0.1, -0.05) is 31.9 Å². The van der Waals surface area contributed by atoms with E-state index in [1.165, 1.54) is 20.0 Å². The van der Waals surface area contributed by atoms with Crippen molar-refractivity contribution in [2.45, 2.75) is 38.6 Å². The highest BCUT2D eigenvalue weighted by Gasteiger charge is 2.30. The van der Waals surface area contributed by atoms with Gasteiger partial charge >= 0.3 is 0 Å². The number of hydrogen-bond acceptors (Lipinski definition) is 2. The van der Waals surface area contributed by atoms with Crippen LogP contribution in [0.1, 0.15) is 44.2 Å². The Morgan fingerprint density at radius 2 is 2.22 bits per heavy atom. The van der Waals surface area contributed by atoms with Crippen molar-refractivity contribution in [3.63, 3.8) is 0 Å². The predicted octanol–water partition coefficient (Wildman–Crippen LogP) is 3.66. The molecule has 0 aromatic heterocycles. The van der Waals surface area contributed by atoms with Gasteiger partial charge in [-0.3, -0.25) is 0 Å². The molecule has 1 aliphatic rings. The SMILES string of the molecule is CCC1CCC(C(N)c2cccc(OC)c2F)C1. The molecule has 0 heterocycles. The van der Waals surface area contributed by atoms with E-state index in [4.69, 9.17) is 10.5 Å². The first kappa shape index (κ1) is 13.3. The summed E-state index contributed by atoms with van der Waals surface area (Å²) in [7, 11) is 1.48. The summed E-state index contributed by atoms with van der Waals surface area (Å²) < 4.78 is 19.2. The Balaban J connectivity index is 2.16. The van der Waals surface area contributed by atoms with Crippen LogP contribution in [-0.2, 0) is 0 Å². The Morgan fingerprint density at radius 3 is 2.83 bits per heavy atom. The molecule has 1 saturated carbocycles. The van der Waals surface area contributed by atoms with Gasteiger partial charge in [0.05, 0.1) is 7.11 Å². The molecule has 3 heteroatoms. The summed E-state index contributed by atoms with van der Waals surface area (Å²) in [6.45, 7) is 2.21. The maximum absolute atomic E-state index is 14.2. The normalized spacial score (nSPS) is 25.1. The van der Waals surface area contributed by atoms with Crippen LogP contribution in [0.3, 0.4) is 0 Å². The minimum Gasteiger partial charge on any atom is -0.494 e. The molecule has 3 unspecified atom stereocenters. The maximum Gasteiger partial charge on any atom is 0.169 e. The molecule has 1 aliphatic carbocycles. The van der Waals surface area contributed by atoms with Gasteiger partial charge < -0.3 is 10.5 Å². The molecule has 0 aliphatic heterocycles. The summed E-state index contributed by atoms with van der Waals surface area (Å²) >= 11 is 0. The van der Waals surface area contributed by atoms with Crippen LogP contribution in [0.25, 0.3) is 0 Å². The number of halogens is 1. The predicted molar refractivity (Wildman–Crippen MR) is 71.0 cm³/mol. The molecule has 0 amide bonds. The van der Waals surface area contributed by atoms with Crippen molar-refractivity contribution in [2.24, 2.45) is 17.6 Å². The van der Waals surface area contributed by atoms with Crippen molar-refractivity contribution >= 4 is 0 Å². The zero-order valence-corrected chi connectivity index (χ0v) is 11.2. The third kappa shape index (κ3) is 2.51. The molecule has 1 aromatic carbocycles. The molecule has 0 radical (unpaired) electrons. The van der Waals surface area contributed by atoms with Crippen LogP contribution < -0.4 is 10.5 Å². The lowest BCUT2D eigenvalue weighted by Gasteiger charge is -2.21. The Morgan fingerprint density at radius 1 is 1.44 bits per heavy atom. The molecular weight excluding hydrogens is 229 g/mol. The highest BCUT2D eigenvalue weighted by molar-refractivity contribution is 5.33. The van der Waals surface area contributed by atoms with Crippen molar-refractivity contribution < 1.29 is 9.13 Å². The van der Waals surface area contributed by atoms with Crippen LogP contribution in [0.5, 0.6) is 5.75 Å². The zero-order chi connectivity index (χ0) is 13.1. The fraction of sp³-hybridized carbons (Fsp3) is 0.600. The first-order valence-corrected chi connectivity index (χ1v) is 6.75. The van der Waals surface area contributed by atoms with E-state index in [1.807, 2.05) is 6.07 Å². The van der Waals surface area contributed by atoms with Gasteiger partial charge in [0.25, 0.3) is 0 Å². The third-order valence-electron chi connectivity index (χ3n) is 4.24. The Hall–Kier alpha value is -1.09. The van der Waals surface area contributed by atoms with Gasteiger partial charge in [-0.15, -0.1) is 0 Å². The highest BCUT2D eigenvalue weighted by Crippen LogP contribution is 2.40. The topological polar surface area (TPSA) is 35.2 Å². The molecule has 1 aromatic rings. The first-order chi connectivity index (χ1) is 8.67. The number of rotatable bonds is 4. The average molecular weight is 251 g/mol. The summed E-state index contributed by atoms with van der Waals surface area (Å²) in [6.07, 6.45) is 4.65. The largest absolute Gasteiger partial charge is 0.494 e. The van der Waals surface area contributed by atoms with Gasteiger partial charge in [-0.05, 0) is 30.7 Å². The van der Waals surface area contributed by atoms with Gasteiger partial charge in [0.1, 0.15) is 0 Å². The second-order valence-corrected chi connectivity index (χ2v) is 5.24. The molecule has 3 atom stereocenters. The third-order valence-corrected chi connectivity index (χ3v) is 4.24. The number of hydrogen-bond donors (Lipinski definition) is 1. The molecule has 2 nitrogen and oxygen atoms in total. The Bertz CT molecular complexity index is 407. The van der Waals surface area contributed by atoms with Crippen LogP contribution in [0.2, 0.25) is 0 Å². The van der Waals surface area contributed by atoms with Crippen LogP contribution in [0.15, 0.2) is 18.2 Å². The molecular formula is C15H22FNO. The monoisotopic (exact) mass is 251 g/mol. The van der Waals surface area contributed by atoms with Crippen LogP contribution >= 0.6 is 0 Å². The van der Waals surface area contributed by atoms with E-state index < -0.39 is 0 Å². The molecule has 2 rings (SSSR count). The zero-order valence-electron chi connectivity index (χ0n) is 11.2. The molecule has 0 spiro atoms. The lowest BCUT2D eigenvalue weighted by atomic mass is 9.91. The summed E-state index contributed by atoms with van der Waals surface area (Å²) in [6, 6.07) is 5.01. The second-order valence-electron chi connectivity index (χ2n) is 5.24. The molecule has 18 heavy (non-hydrogen) atoms. The Kier molecular flexibility index (Phi) is 4.23. The van der Waals surface area contributed by atoms with Crippen molar-refractivity contribution in [1.82, 2.24) is 0 Å². The number of ether oxygens (including phenoxy) is 1. The molecule has 1 fully saturated rings. The lowest BCUT2D eigenvalue weighted by molar-refractivity contribution is 0.369. The Labute approximate surface area is 108 Å². The first-order valence-electron chi connectivity index (χ1n) is 6.75. The van der Waals surface area contributed by atoms with Crippen molar-refractivity contribution in [1.29, 1.82) is 0 Å². The van der Waals surface area contributed by atoms with Gasteiger partial charge in [0.2, 0.25) is 0 Å². The second kappa shape index (κ2) is 5.70. The van der Waals surface area contributed by atoms with E-state index in [0.29, 0.717) is 11.5 Å². The number of nitrogens with two attached hydrogens (primary N) is 1. The molecule has 0 saturated heterocycles. The lowest BCUT2D eigenvalue weighted by Crippen LogP contribution is -2.21. The summed E-state index contributed by atoms with van der Waals surface area (Å²) in [5.41, 5.74) is 6.84. The van der Waals surface area contributed by atoms with E-state index in [1.54, 1.807) is 12.1 Å². The van der Waals surface area contributed by atoms with E-state index in [9.17, 15) is 4.39 Å². The van der Waals surface area contributed by atoms with Crippen molar-refractivity contribution in [3.8, 4) is 5.75 Å². The van der Waals surface area contributed by atoms with Crippen LogP contribution in [0, 0.1) is 17.7 Å². The fourth-order valence-corrected chi connectivity index (χ4v) is 3.01. The van der Waals surface area contributed by atoms with Crippen LogP contribution in [-0.4, -0.2) is 7.11 Å². The highest BCUT2D eigenvalue weighted by atomic mass is 19.1. The molecule has 0 bridgehead atoms. The minimum absolute atomic E-state index is 0.211. The minimum atomic E-state index is -0.299. The average Bonchev–Trinajstić information content (AvgIpc) is 2.87. The van der Waals surface area contributed by atoms with Crippen molar-refractivity contribution in [2.75, 3.05) is 7.11 Å². The van der Waals surface area contributed by atoms with Crippen molar-refractivity contribution in [3.05, 3.63) is 29.6 Å². The number of methoxy groups -OCH3 is 1. The molecule has 100 valence electrons. The number of benzene rings is 1. The van der Waals surface area contributed by atoms with E-state index in [-0.39, 0.29) is 17.6 Å². The maximum atomic E-state index is 14.2. The standard InChI is InChI=1S/C15H22FNO/c1-3-10-7-8-11(9-10)15(17)12-5-4-6-13(18-2)14(12)16/h4-6,10-11,15H,3,7-9,17H2,1-2H3.